The Morgan fingerprint density at radius 1 is 1.26 bits per heavy atom. The van der Waals surface area contributed by atoms with Crippen LogP contribution < -0.4 is 10.1 Å². The summed E-state index contributed by atoms with van der Waals surface area (Å²) in [6.45, 7) is 0. The van der Waals surface area contributed by atoms with Gasteiger partial charge in [-0.1, -0.05) is 18.2 Å². The monoisotopic (exact) mass is 260 g/mol. The van der Waals surface area contributed by atoms with E-state index < -0.39 is 0 Å². The number of rotatable bonds is 5. The Labute approximate surface area is 112 Å². The van der Waals surface area contributed by atoms with Gasteiger partial charge in [0.25, 0.3) is 0 Å². The van der Waals surface area contributed by atoms with Gasteiger partial charge in [-0.05, 0) is 37.2 Å². The van der Waals surface area contributed by atoms with E-state index in [9.17, 15) is 4.39 Å². The minimum Gasteiger partial charge on any atom is -0.494 e. The topological polar surface area (TPSA) is 34.1 Å². The molecule has 0 aliphatic heterocycles. The molecule has 0 aliphatic carbocycles. The van der Waals surface area contributed by atoms with Gasteiger partial charge in [-0.3, -0.25) is 4.98 Å². The Bertz CT molecular complexity index is 531. The average Bonchev–Trinajstić information content (AvgIpc) is 2.47. The highest BCUT2D eigenvalue weighted by molar-refractivity contribution is 5.32. The zero-order valence-corrected chi connectivity index (χ0v) is 11.1. The molecule has 0 amide bonds. The third-order valence-electron chi connectivity index (χ3n) is 3.08. The Morgan fingerprint density at radius 3 is 2.74 bits per heavy atom. The molecule has 2 rings (SSSR count). The molecule has 0 bridgehead atoms. The van der Waals surface area contributed by atoms with E-state index in [0.29, 0.717) is 12.0 Å². The van der Waals surface area contributed by atoms with Crippen LogP contribution in [-0.4, -0.2) is 19.1 Å². The average molecular weight is 260 g/mol. The maximum Gasteiger partial charge on any atom is 0.168 e. The Balaban J connectivity index is 2.24. The zero-order chi connectivity index (χ0) is 13.7. The Morgan fingerprint density at radius 2 is 2.11 bits per heavy atom. The van der Waals surface area contributed by atoms with Crippen molar-refractivity contribution < 1.29 is 9.13 Å². The molecule has 4 heteroatoms. The van der Waals surface area contributed by atoms with Gasteiger partial charge in [-0.25, -0.2) is 4.39 Å². The van der Waals surface area contributed by atoms with Crippen LogP contribution in [0.3, 0.4) is 0 Å². The molecule has 19 heavy (non-hydrogen) atoms. The van der Waals surface area contributed by atoms with Crippen molar-refractivity contribution in [2.45, 2.75) is 12.5 Å². The van der Waals surface area contributed by atoms with Crippen molar-refractivity contribution in [1.82, 2.24) is 10.3 Å². The largest absolute Gasteiger partial charge is 0.494 e. The number of methoxy groups -OCH3 is 1. The van der Waals surface area contributed by atoms with E-state index in [-0.39, 0.29) is 17.6 Å². The van der Waals surface area contributed by atoms with Gasteiger partial charge in [0.1, 0.15) is 0 Å². The number of likely N-dealkylation sites (N-methyl/N-ethyl adjacent to an activating group) is 1. The van der Waals surface area contributed by atoms with Gasteiger partial charge in [-0.15, -0.1) is 0 Å². The van der Waals surface area contributed by atoms with E-state index in [1.165, 1.54) is 7.11 Å². The van der Waals surface area contributed by atoms with E-state index in [1.54, 1.807) is 24.4 Å². The summed E-state index contributed by atoms with van der Waals surface area (Å²) in [6, 6.07) is 10.9. The van der Waals surface area contributed by atoms with E-state index in [0.717, 1.165) is 5.69 Å². The predicted octanol–water partition coefficient (Wildman–Crippen LogP) is 2.73. The first-order valence-electron chi connectivity index (χ1n) is 6.16. The molecular formula is C15H17FN2O. The van der Waals surface area contributed by atoms with Crippen molar-refractivity contribution in [1.29, 1.82) is 0 Å². The van der Waals surface area contributed by atoms with Crippen molar-refractivity contribution in [3.63, 3.8) is 0 Å². The minimum atomic E-state index is -0.304. The third-order valence-corrected chi connectivity index (χ3v) is 3.08. The van der Waals surface area contributed by atoms with Crippen LogP contribution in [0.15, 0.2) is 42.6 Å². The van der Waals surface area contributed by atoms with Crippen LogP contribution in [0.2, 0.25) is 0 Å². The second-order valence-corrected chi connectivity index (χ2v) is 4.23. The van der Waals surface area contributed by atoms with Crippen LogP contribution in [0.4, 0.5) is 4.39 Å². The highest BCUT2D eigenvalue weighted by Gasteiger charge is 2.15. The maximum atomic E-state index is 14.1. The van der Waals surface area contributed by atoms with Gasteiger partial charge in [0.15, 0.2) is 11.6 Å². The van der Waals surface area contributed by atoms with Crippen molar-refractivity contribution >= 4 is 0 Å². The molecule has 3 nitrogen and oxygen atoms in total. The normalized spacial score (nSPS) is 12.2. The fraction of sp³-hybridized carbons (Fsp3) is 0.267. The Kier molecular flexibility index (Phi) is 4.47. The number of nitrogens with one attached hydrogen (secondary N) is 1. The number of hydrogen-bond donors (Lipinski definition) is 1. The number of benzene rings is 1. The molecule has 1 atom stereocenters. The summed E-state index contributed by atoms with van der Waals surface area (Å²) < 4.78 is 19.1. The maximum absolute atomic E-state index is 14.1. The smallest absolute Gasteiger partial charge is 0.168 e. The van der Waals surface area contributed by atoms with Crippen LogP contribution >= 0.6 is 0 Å². The molecule has 1 N–H and O–H groups in total. The van der Waals surface area contributed by atoms with E-state index >= 15 is 0 Å². The van der Waals surface area contributed by atoms with Gasteiger partial charge in [0.2, 0.25) is 0 Å². The number of nitrogens with zero attached hydrogens (tertiary/aromatic N) is 1. The van der Waals surface area contributed by atoms with Crippen LogP contribution in [0.25, 0.3) is 0 Å². The van der Waals surface area contributed by atoms with Gasteiger partial charge in [0, 0.05) is 6.20 Å². The highest BCUT2D eigenvalue weighted by atomic mass is 19.1. The van der Waals surface area contributed by atoms with E-state index in [2.05, 4.69) is 10.3 Å². The summed E-state index contributed by atoms with van der Waals surface area (Å²) in [4.78, 5) is 4.30. The minimum absolute atomic E-state index is 0.0252. The second-order valence-electron chi connectivity index (χ2n) is 4.23. The number of ether oxygens (including phenoxy) is 1. The van der Waals surface area contributed by atoms with Crippen LogP contribution in [0.5, 0.6) is 5.75 Å². The highest BCUT2D eigenvalue weighted by Crippen LogP contribution is 2.24. The Hall–Kier alpha value is -1.94. The van der Waals surface area contributed by atoms with Gasteiger partial charge >= 0.3 is 0 Å². The second kappa shape index (κ2) is 6.29. The lowest BCUT2D eigenvalue weighted by atomic mass is 10.0. The molecule has 0 aliphatic rings. The molecule has 0 saturated heterocycles. The third kappa shape index (κ3) is 3.09. The molecule has 0 fully saturated rings. The summed E-state index contributed by atoms with van der Waals surface area (Å²) in [6.07, 6.45) is 2.26. The number of aromatic nitrogens is 1. The van der Waals surface area contributed by atoms with Crippen LogP contribution in [-0.2, 0) is 6.42 Å². The van der Waals surface area contributed by atoms with E-state index in [4.69, 9.17) is 4.74 Å². The lowest BCUT2D eigenvalue weighted by Gasteiger charge is -2.16. The SMILES string of the molecule is CNC(Cc1cccc(OC)c1F)c1ccccn1. The molecule has 1 aromatic heterocycles. The van der Waals surface area contributed by atoms with Crippen molar-refractivity contribution in [3.8, 4) is 5.75 Å². The lowest BCUT2D eigenvalue weighted by Crippen LogP contribution is -2.20. The standard InChI is InChI=1S/C15H17FN2O/c1-17-13(12-7-3-4-9-18-12)10-11-6-5-8-14(19-2)15(11)16/h3-9,13,17H,10H2,1-2H3. The zero-order valence-electron chi connectivity index (χ0n) is 11.1. The van der Waals surface area contributed by atoms with Gasteiger partial charge < -0.3 is 10.1 Å². The lowest BCUT2D eigenvalue weighted by molar-refractivity contribution is 0.382. The van der Waals surface area contributed by atoms with Crippen LogP contribution in [0, 0.1) is 5.82 Å². The summed E-state index contributed by atoms with van der Waals surface area (Å²) in [5.41, 5.74) is 1.51. The fourth-order valence-electron chi connectivity index (χ4n) is 2.03. The van der Waals surface area contributed by atoms with E-state index in [1.807, 2.05) is 25.2 Å². The van der Waals surface area contributed by atoms with Crippen molar-refractivity contribution in [3.05, 3.63) is 59.7 Å². The molecule has 2 aromatic rings. The first-order valence-corrected chi connectivity index (χ1v) is 6.16. The number of halogens is 1. The fourth-order valence-corrected chi connectivity index (χ4v) is 2.03. The van der Waals surface area contributed by atoms with Crippen molar-refractivity contribution in [2.75, 3.05) is 14.2 Å². The molecule has 0 spiro atoms. The first kappa shape index (κ1) is 13.5. The van der Waals surface area contributed by atoms with Gasteiger partial charge in [-0.2, -0.15) is 0 Å². The van der Waals surface area contributed by atoms with Gasteiger partial charge in [0.05, 0.1) is 18.8 Å². The quantitative estimate of drug-likeness (QED) is 0.897. The molecule has 1 unspecified atom stereocenters. The number of pyridine rings is 1. The molecule has 0 saturated carbocycles. The summed E-state index contributed by atoms with van der Waals surface area (Å²) in [7, 11) is 3.31. The summed E-state index contributed by atoms with van der Waals surface area (Å²) in [5, 5.41) is 3.16. The predicted molar refractivity (Wildman–Crippen MR) is 72.7 cm³/mol. The molecule has 0 radical (unpaired) electrons. The molecular weight excluding hydrogens is 243 g/mol. The number of hydrogen-bond acceptors (Lipinski definition) is 3. The van der Waals surface area contributed by atoms with Crippen molar-refractivity contribution in [2.24, 2.45) is 0 Å². The van der Waals surface area contributed by atoms with Crippen LogP contribution in [0.1, 0.15) is 17.3 Å². The molecule has 100 valence electrons. The summed E-state index contributed by atoms with van der Waals surface area (Å²) in [5.74, 6) is -0.0328. The summed E-state index contributed by atoms with van der Waals surface area (Å²) >= 11 is 0. The molecule has 1 heterocycles. The first-order chi connectivity index (χ1) is 9.26. The molecule has 1 aromatic carbocycles.